The quantitative estimate of drug-likeness (QED) is 0.227. The molecule has 0 amide bonds. The molecule has 4 nitrogen and oxygen atoms in total. The Balaban J connectivity index is 2.06. The van der Waals surface area contributed by atoms with E-state index in [1.165, 1.54) is 0 Å². The molecule has 1 heterocycles. The van der Waals surface area contributed by atoms with Crippen LogP contribution in [-0.2, 0) is 18.7 Å². The van der Waals surface area contributed by atoms with Gasteiger partial charge < -0.3 is 4.74 Å². The largest absolute Gasteiger partial charge is 0.381 e. The van der Waals surface area contributed by atoms with E-state index in [2.05, 4.69) is 21.9 Å². The summed E-state index contributed by atoms with van der Waals surface area (Å²) in [6, 6.07) is 11.8. The molecule has 0 aliphatic carbocycles. The Morgan fingerprint density at radius 3 is 1.97 bits per heavy atom. The molecule has 166 valence electrons. The number of ether oxygens (including phenoxy) is 1. The molecule has 31 heavy (non-hydrogen) atoms. The van der Waals surface area contributed by atoms with Crippen LogP contribution in [-0.4, -0.2) is 28.2 Å². The second-order valence-corrected chi connectivity index (χ2v) is 11.4. The van der Waals surface area contributed by atoms with Crippen molar-refractivity contribution in [2.75, 3.05) is 13.2 Å². The monoisotopic (exact) mass is 539 g/mol. The van der Waals surface area contributed by atoms with E-state index >= 15 is 0 Å². The van der Waals surface area contributed by atoms with Crippen molar-refractivity contribution in [3.05, 3.63) is 53.6 Å². The Labute approximate surface area is 211 Å². The van der Waals surface area contributed by atoms with E-state index in [9.17, 15) is 0 Å². The minimum Gasteiger partial charge on any atom is -0.381 e. The highest BCUT2D eigenvalue weighted by molar-refractivity contribution is 6.67. The van der Waals surface area contributed by atoms with Crippen LogP contribution in [0.4, 0.5) is 0 Å². The van der Waals surface area contributed by atoms with Crippen molar-refractivity contribution in [3.8, 4) is 11.4 Å². The van der Waals surface area contributed by atoms with Crippen LogP contribution >= 0.6 is 69.6 Å². The van der Waals surface area contributed by atoms with E-state index in [-0.39, 0.29) is 17.5 Å². The molecule has 0 aliphatic heterocycles. The molecule has 0 radical (unpaired) electrons. The van der Waals surface area contributed by atoms with Crippen molar-refractivity contribution in [2.24, 2.45) is 0 Å². The van der Waals surface area contributed by atoms with Crippen molar-refractivity contribution in [3.63, 3.8) is 0 Å². The highest BCUT2D eigenvalue weighted by Gasteiger charge is 2.34. The summed E-state index contributed by atoms with van der Waals surface area (Å²) in [5, 5.41) is 1.97. The van der Waals surface area contributed by atoms with E-state index < -0.39 is 7.59 Å². The lowest BCUT2D eigenvalue weighted by Gasteiger charge is -2.17. The molecule has 0 aliphatic rings. The van der Waals surface area contributed by atoms with Crippen LogP contribution in [0.2, 0.25) is 0 Å². The summed E-state index contributed by atoms with van der Waals surface area (Å²) < 4.78 is 1.91. The van der Waals surface area contributed by atoms with Crippen LogP contribution in [0.3, 0.4) is 0 Å². The van der Waals surface area contributed by atoms with Crippen LogP contribution in [0, 0.1) is 0 Å². The second-order valence-electron chi connectivity index (χ2n) is 6.84. The van der Waals surface area contributed by atoms with E-state index in [4.69, 9.17) is 74.3 Å². The number of aromatic nitrogens is 3. The van der Waals surface area contributed by atoms with Gasteiger partial charge in [0.1, 0.15) is 0 Å². The van der Waals surface area contributed by atoms with Crippen molar-refractivity contribution >= 4 is 80.4 Å². The Hall–Kier alpha value is -0.590. The molecule has 0 N–H and O–H groups in total. The molecule has 10 heteroatoms. The molecule has 0 saturated carbocycles. The minimum absolute atomic E-state index is 0.124. The van der Waals surface area contributed by atoms with Crippen LogP contribution in [0.25, 0.3) is 22.2 Å². The molecule has 2 aromatic carbocycles. The molecule has 3 rings (SSSR count). The lowest BCUT2D eigenvalue weighted by atomic mass is 9.97. The summed E-state index contributed by atoms with van der Waals surface area (Å²) in [6.45, 7) is 3.54. The number of fused-ring (bicyclic) bond motifs is 1. The van der Waals surface area contributed by atoms with Crippen molar-refractivity contribution in [1.82, 2.24) is 15.0 Å². The van der Waals surface area contributed by atoms with Crippen molar-refractivity contribution in [1.29, 1.82) is 0 Å². The van der Waals surface area contributed by atoms with E-state index in [1.54, 1.807) is 0 Å². The number of rotatable bonds is 7. The van der Waals surface area contributed by atoms with Gasteiger partial charge >= 0.3 is 0 Å². The summed E-state index contributed by atoms with van der Waals surface area (Å²) in [6.07, 6.45) is 2.94. The third kappa shape index (κ3) is 6.48. The first kappa shape index (κ1) is 25.0. The number of benzene rings is 2. The van der Waals surface area contributed by atoms with Gasteiger partial charge in [0, 0.05) is 12.2 Å². The third-order valence-electron chi connectivity index (χ3n) is 4.56. The fourth-order valence-electron chi connectivity index (χ4n) is 3.05. The molecule has 3 aromatic rings. The molecule has 0 fully saturated rings. The van der Waals surface area contributed by atoms with Gasteiger partial charge in [-0.25, -0.2) is 15.0 Å². The smallest absolute Gasteiger partial charge is 0.250 e. The first-order valence-electron chi connectivity index (χ1n) is 9.60. The summed E-state index contributed by atoms with van der Waals surface area (Å²) in [5.74, 6) is 0.00205. The predicted molar refractivity (Wildman–Crippen MR) is 131 cm³/mol. The van der Waals surface area contributed by atoms with Crippen molar-refractivity contribution < 1.29 is 4.74 Å². The Bertz CT molecular complexity index is 1020. The lowest BCUT2D eigenvalue weighted by Crippen LogP contribution is -2.16. The standard InChI is InChI=1S/C21H19Cl6N3O/c1-2-3-11-31-12-10-13-8-9-16(15-7-5-4-6-14(13)15)17-28-18(20(22,23)24)30-19(29-17)21(25,26)27/h4-9H,2-3,10-12H2,1H3. The van der Waals surface area contributed by atoms with Gasteiger partial charge in [-0.15, -0.1) is 0 Å². The third-order valence-corrected chi connectivity index (χ3v) is 5.57. The highest BCUT2D eigenvalue weighted by Crippen LogP contribution is 2.41. The maximum Gasteiger partial charge on any atom is 0.250 e. The first-order chi connectivity index (χ1) is 14.6. The summed E-state index contributed by atoms with van der Waals surface area (Å²) in [7, 11) is 0. The normalized spacial score (nSPS) is 12.5. The van der Waals surface area contributed by atoms with Gasteiger partial charge in [-0.05, 0) is 29.2 Å². The molecule has 0 bridgehead atoms. The Morgan fingerprint density at radius 2 is 1.39 bits per heavy atom. The van der Waals surface area contributed by atoms with Gasteiger partial charge in [0.2, 0.25) is 7.59 Å². The number of unbranched alkanes of at least 4 members (excludes halogenated alkanes) is 1. The van der Waals surface area contributed by atoms with Gasteiger partial charge in [-0.1, -0.05) is 119 Å². The molecular weight excluding hydrogens is 523 g/mol. The average Bonchev–Trinajstić information content (AvgIpc) is 2.72. The maximum atomic E-state index is 6.01. The van der Waals surface area contributed by atoms with Gasteiger partial charge in [-0.2, -0.15) is 0 Å². The zero-order valence-corrected chi connectivity index (χ0v) is 21.1. The number of nitrogens with zero attached hydrogens (tertiary/aromatic N) is 3. The molecule has 0 unspecified atom stereocenters. The van der Waals surface area contributed by atoms with Gasteiger partial charge in [0.05, 0.1) is 6.61 Å². The molecule has 1 aromatic heterocycles. The highest BCUT2D eigenvalue weighted by atomic mass is 35.6. The second kappa shape index (κ2) is 10.6. The lowest BCUT2D eigenvalue weighted by molar-refractivity contribution is 0.134. The minimum atomic E-state index is -1.91. The number of hydrogen-bond donors (Lipinski definition) is 0. The maximum absolute atomic E-state index is 6.01. The molecule has 0 saturated heterocycles. The topological polar surface area (TPSA) is 47.9 Å². The first-order valence-corrected chi connectivity index (χ1v) is 11.9. The van der Waals surface area contributed by atoms with Gasteiger partial charge in [0.15, 0.2) is 17.5 Å². The molecule has 0 spiro atoms. The van der Waals surface area contributed by atoms with Gasteiger partial charge in [0.25, 0.3) is 0 Å². The number of hydrogen-bond acceptors (Lipinski definition) is 4. The Morgan fingerprint density at radius 1 is 0.774 bits per heavy atom. The molecule has 0 atom stereocenters. The van der Waals surface area contributed by atoms with Gasteiger partial charge in [-0.3, -0.25) is 0 Å². The van der Waals surface area contributed by atoms with Crippen LogP contribution < -0.4 is 0 Å². The summed E-state index contributed by atoms with van der Waals surface area (Å²) in [4.78, 5) is 12.7. The zero-order chi connectivity index (χ0) is 22.6. The van der Waals surface area contributed by atoms with Crippen LogP contribution in [0.5, 0.6) is 0 Å². The van der Waals surface area contributed by atoms with Crippen molar-refractivity contribution in [2.45, 2.75) is 33.8 Å². The summed E-state index contributed by atoms with van der Waals surface area (Å²) >= 11 is 36.1. The Kier molecular flexibility index (Phi) is 8.53. The van der Waals surface area contributed by atoms with E-state index in [1.807, 2.05) is 36.4 Å². The van der Waals surface area contributed by atoms with Crippen LogP contribution in [0.1, 0.15) is 37.0 Å². The molecular formula is C21H19Cl6N3O. The average molecular weight is 542 g/mol. The fraction of sp³-hybridized carbons (Fsp3) is 0.381. The predicted octanol–water partition coefficient (Wildman–Crippen LogP) is 7.70. The number of halogens is 6. The SMILES string of the molecule is CCCCOCCc1ccc(-c2nc(C(Cl)(Cl)Cl)nc(C(Cl)(Cl)Cl)n2)c2ccccc12. The zero-order valence-electron chi connectivity index (χ0n) is 16.5. The van der Waals surface area contributed by atoms with Crippen LogP contribution in [0.15, 0.2) is 36.4 Å². The fourth-order valence-corrected chi connectivity index (χ4v) is 3.56. The number of alkyl halides is 6. The van der Waals surface area contributed by atoms with E-state index in [0.29, 0.717) is 12.2 Å². The van der Waals surface area contributed by atoms with E-state index in [0.717, 1.165) is 42.2 Å². The summed E-state index contributed by atoms with van der Waals surface area (Å²) in [5.41, 5.74) is 1.85.